The number of carbonyl (C=O) groups excluding carboxylic acids is 1. The average Bonchev–Trinajstić information content (AvgIpc) is 2.77. The van der Waals surface area contributed by atoms with E-state index in [9.17, 15) is 4.79 Å². The van der Waals surface area contributed by atoms with Crippen molar-refractivity contribution in [2.24, 2.45) is 0 Å². The Morgan fingerprint density at radius 3 is 2.43 bits per heavy atom. The SMILES string of the molecule is COc1cccc(OCCNC(=O)N2CCN(c3ncccn3)CC2)c1OC. The lowest BCUT2D eigenvalue weighted by atomic mass is 10.3. The number of benzene rings is 1. The van der Waals surface area contributed by atoms with Crippen LogP contribution in [0.3, 0.4) is 0 Å². The van der Waals surface area contributed by atoms with E-state index in [4.69, 9.17) is 14.2 Å². The molecule has 150 valence electrons. The van der Waals surface area contributed by atoms with Crippen LogP contribution in [0.15, 0.2) is 36.7 Å². The third kappa shape index (κ3) is 4.73. The molecular weight excluding hydrogens is 362 g/mol. The van der Waals surface area contributed by atoms with Crippen molar-refractivity contribution in [2.45, 2.75) is 0 Å². The number of carbonyl (C=O) groups is 1. The number of aromatic nitrogens is 2. The number of nitrogens with one attached hydrogen (secondary N) is 1. The smallest absolute Gasteiger partial charge is 0.317 e. The second kappa shape index (κ2) is 9.63. The predicted octanol–water partition coefficient (Wildman–Crippen LogP) is 1.40. The molecule has 1 saturated heterocycles. The lowest BCUT2D eigenvalue weighted by Crippen LogP contribution is -2.52. The van der Waals surface area contributed by atoms with Gasteiger partial charge in [-0.25, -0.2) is 14.8 Å². The molecule has 2 heterocycles. The maximum absolute atomic E-state index is 12.3. The van der Waals surface area contributed by atoms with Crippen molar-refractivity contribution in [2.75, 3.05) is 58.5 Å². The third-order valence-electron chi connectivity index (χ3n) is 4.40. The molecule has 1 N–H and O–H groups in total. The van der Waals surface area contributed by atoms with E-state index in [1.807, 2.05) is 6.07 Å². The molecule has 0 bridgehead atoms. The largest absolute Gasteiger partial charge is 0.493 e. The van der Waals surface area contributed by atoms with Crippen molar-refractivity contribution < 1.29 is 19.0 Å². The maximum atomic E-state index is 12.3. The van der Waals surface area contributed by atoms with Gasteiger partial charge in [-0.2, -0.15) is 0 Å². The van der Waals surface area contributed by atoms with Gasteiger partial charge in [0.1, 0.15) is 6.61 Å². The van der Waals surface area contributed by atoms with Crippen molar-refractivity contribution in [3.8, 4) is 17.2 Å². The molecule has 1 fully saturated rings. The van der Waals surface area contributed by atoms with Gasteiger partial charge in [-0.3, -0.25) is 0 Å². The Morgan fingerprint density at radius 1 is 1.04 bits per heavy atom. The van der Waals surface area contributed by atoms with Crippen LogP contribution in [0.2, 0.25) is 0 Å². The van der Waals surface area contributed by atoms with Gasteiger partial charge < -0.3 is 29.3 Å². The highest BCUT2D eigenvalue weighted by molar-refractivity contribution is 5.74. The summed E-state index contributed by atoms with van der Waals surface area (Å²) >= 11 is 0. The zero-order valence-electron chi connectivity index (χ0n) is 16.1. The summed E-state index contributed by atoms with van der Waals surface area (Å²) in [5.41, 5.74) is 0. The summed E-state index contributed by atoms with van der Waals surface area (Å²) in [6, 6.07) is 7.11. The standard InChI is InChI=1S/C19H25N5O4/c1-26-15-5-3-6-16(17(15)27-2)28-14-9-22-19(25)24-12-10-23(11-13-24)18-20-7-4-8-21-18/h3-8H,9-14H2,1-2H3,(H,22,25). The van der Waals surface area contributed by atoms with Crippen LogP contribution in [0.5, 0.6) is 17.2 Å². The molecule has 9 heteroatoms. The number of amides is 2. The minimum atomic E-state index is -0.102. The number of piperazine rings is 1. The van der Waals surface area contributed by atoms with Gasteiger partial charge in [-0.05, 0) is 18.2 Å². The summed E-state index contributed by atoms with van der Waals surface area (Å²) in [4.78, 5) is 24.7. The fourth-order valence-electron chi connectivity index (χ4n) is 2.97. The maximum Gasteiger partial charge on any atom is 0.317 e. The summed E-state index contributed by atoms with van der Waals surface area (Å²) in [5.74, 6) is 2.41. The first-order chi connectivity index (χ1) is 13.7. The molecule has 9 nitrogen and oxygen atoms in total. The lowest BCUT2D eigenvalue weighted by molar-refractivity contribution is 0.190. The zero-order valence-corrected chi connectivity index (χ0v) is 16.1. The fourth-order valence-corrected chi connectivity index (χ4v) is 2.97. The number of rotatable bonds is 7. The van der Waals surface area contributed by atoms with Gasteiger partial charge in [0.15, 0.2) is 11.5 Å². The van der Waals surface area contributed by atoms with E-state index in [1.54, 1.807) is 49.7 Å². The highest BCUT2D eigenvalue weighted by Gasteiger charge is 2.22. The molecule has 2 aromatic rings. The highest BCUT2D eigenvalue weighted by atomic mass is 16.5. The van der Waals surface area contributed by atoms with Crippen LogP contribution in [0.1, 0.15) is 0 Å². The molecular formula is C19H25N5O4. The Hall–Kier alpha value is -3.23. The van der Waals surface area contributed by atoms with Gasteiger partial charge >= 0.3 is 6.03 Å². The van der Waals surface area contributed by atoms with E-state index in [-0.39, 0.29) is 6.03 Å². The minimum absolute atomic E-state index is 0.102. The first-order valence-electron chi connectivity index (χ1n) is 9.11. The number of nitrogens with zero attached hydrogens (tertiary/aromatic N) is 4. The van der Waals surface area contributed by atoms with Crippen LogP contribution in [0.25, 0.3) is 0 Å². The van der Waals surface area contributed by atoms with E-state index in [0.717, 1.165) is 0 Å². The molecule has 2 amide bonds. The van der Waals surface area contributed by atoms with Crippen molar-refractivity contribution in [1.29, 1.82) is 0 Å². The normalized spacial score (nSPS) is 13.8. The Kier molecular flexibility index (Phi) is 6.72. The summed E-state index contributed by atoms with van der Waals surface area (Å²) in [5, 5.41) is 2.88. The van der Waals surface area contributed by atoms with Crippen molar-refractivity contribution >= 4 is 12.0 Å². The molecule has 0 atom stereocenters. The van der Waals surface area contributed by atoms with Crippen LogP contribution in [-0.2, 0) is 0 Å². The van der Waals surface area contributed by atoms with E-state index < -0.39 is 0 Å². The molecule has 28 heavy (non-hydrogen) atoms. The Balaban J connectivity index is 1.41. The first-order valence-corrected chi connectivity index (χ1v) is 9.11. The van der Waals surface area contributed by atoms with Crippen molar-refractivity contribution in [3.05, 3.63) is 36.7 Å². The molecule has 1 aromatic carbocycles. The van der Waals surface area contributed by atoms with Crippen LogP contribution in [0, 0.1) is 0 Å². The van der Waals surface area contributed by atoms with E-state index in [2.05, 4.69) is 20.2 Å². The summed E-state index contributed by atoms with van der Waals surface area (Å²) in [6.45, 7) is 3.36. The molecule has 0 saturated carbocycles. The van der Waals surface area contributed by atoms with Gasteiger partial charge in [0, 0.05) is 38.6 Å². The van der Waals surface area contributed by atoms with Gasteiger partial charge in [0.2, 0.25) is 11.7 Å². The number of urea groups is 1. The first kappa shape index (κ1) is 19.5. The quantitative estimate of drug-likeness (QED) is 0.719. The monoisotopic (exact) mass is 387 g/mol. The van der Waals surface area contributed by atoms with Crippen LogP contribution >= 0.6 is 0 Å². The van der Waals surface area contributed by atoms with Crippen LogP contribution in [-0.4, -0.2) is 74.4 Å². The number of para-hydroxylation sites is 1. The highest BCUT2D eigenvalue weighted by Crippen LogP contribution is 2.36. The van der Waals surface area contributed by atoms with Crippen molar-refractivity contribution in [1.82, 2.24) is 20.2 Å². The number of hydrogen-bond acceptors (Lipinski definition) is 7. The number of hydrogen-bond donors (Lipinski definition) is 1. The van der Waals surface area contributed by atoms with Gasteiger partial charge in [0.25, 0.3) is 0 Å². The van der Waals surface area contributed by atoms with Gasteiger partial charge in [-0.1, -0.05) is 6.07 Å². The number of methoxy groups -OCH3 is 2. The zero-order chi connectivity index (χ0) is 19.8. The second-order valence-corrected chi connectivity index (χ2v) is 6.09. The molecule has 3 rings (SSSR count). The van der Waals surface area contributed by atoms with Crippen LogP contribution < -0.4 is 24.4 Å². The molecule has 1 aliphatic heterocycles. The summed E-state index contributed by atoms with van der Waals surface area (Å²) < 4.78 is 16.3. The lowest BCUT2D eigenvalue weighted by Gasteiger charge is -2.34. The Morgan fingerprint density at radius 2 is 1.75 bits per heavy atom. The van der Waals surface area contributed by atoms with Gasteiger partial charge in [0.05, 0.1) is 20.8 Å². The molecule has 1 aromatic heterocycles. The third-order valence-corrected chi connectivity index (χ3v) is 4.40. The topological polar surface area (TPSA) is 89.1 Å². The molecule has 0 radical (unpaired) electrons. The number of ether oxygens (including phenoxy) is 3. The van der Waals surface area contributed by atoms with Gasteiger partial charge in [-0.15, -0.1) is 0 Å². The molecule has 1 aliphatic rings. The second-order valence-electron chi connectivity index (χ2n) is 6.09. The average molecular weight is 387 g/mol. The fraction of sp³-hybridized carbons (Fsp3) is 0.421. The van der Waals surface area contributed by atoms with Crippen LogP contribution in [0.4, 0.5) is 10.7 Å². The van der Waals surface area contributed by atoms with Crippen molar-refractivity contribution in [3.63, 3.8) is 0 Å². The minimum Gasteiger partial charge on any atom is -0.493 e. The van der Waals surface area contributed by atoms with E-state index in [1.165, 1.54) is 0 Å². The molecule has 0 spiro atoms. The molecule has 0 aliphatic carbocycles. The summed E-state index contributed by atoms with van der Waals surface area (Å²) in [7, 11) is 3.14. The van der Waals surface area contributed by atoms with E-state index in [0.29, 0.717) is 62.5 Å². The Bertz CT molecular complexity index is 766. The summed E-state index contributed by atoms with van der Waals surface area (Å²) in [6.07, 6.45) is 3.44. The number of anilines is 1. The van der Waals surface area contributed by atoms with E-state index >= 15 is 0 Å². The Labute approximate surface area is 164 Å². The predicted molar refractivity (Wildman–Crippen MR) is 104 cm³/mol. The molecule has 0 unspecified atom stereocenters.